The molecule has 2 nitrogen and oxygen atoms in total. The standard InChI is InChI=1S/C10H14BrNOS2/c1-7(2)12-10(13)6-14-5-9-8(11)3-4-15-9/h3-4,7H,5-6H2,1-2H3,(H,12,13). The van der Waals surface area contributed by atoms with E-state index in [9.17, 15) is 4.79 Å². The molecule has 1 aromatic heterocycles. The van der Waals surface area contributed by atoms with Crippen LogP contribution in [0.4, 0.5) is 0 Å². The first kappa shape index (κ1) is 13.1. The lowest BCUT2D eigenvalue weighted by Gasteiger charge is -2.07. The minimum absolute atomic E-state index is 0.114. The van der Waals surface area contributed by atoms with Crippen molar-refractivity contribution >= 4 is 44.9 Å². The third kappa shape index (κ3) is 5.04. The normalized spacial score (nSPS) is 10.7. The van der Waals surface area contributed by atoms with Crippen LogP contribution in [0.3, 0.4) is 0 Å². The van der Waals surface area contributed by atoms with Crippen molar-refractivity contribution in [3.05, 3.63) is 20.8 Å². The van der Waals surface area contributed by atoms with Gasteiger partial charge in [-0.25, -0.2) is 0 Å². The van der Waals surface area contributed by atoms with Gasteiger partial charge in [-0.1, -0.05) is 0 Å². The number of nitrogens with one attached hydrogen (secondary N) is 1. The summed E-state index contributed by atoms with van der Waals surface area (Å²) in [5.74, 6) is 1.54. The van der Waals surface area contributed by atoms with Crippen molar-refractivity contribution in [2.24, 2.45) is 0 Å². The zero-order valence-electron chi connectivity index (χ0n) is 8.75. The van der Waals surface area contributed by atoms with Gasteiger partial charge in [0.15, 0.2) is 0 Å². The number of hydrogen-bond donors (Lipinski definition) is 1. The lowest BCUT2D eigenvalue weighted by Crippen LogP contribution is -2.31. The van der Waals surface area contributed by atoms with Crippen molar-refractivity contribution < 1.29 is 4.79 Å². The van der Waals surface area contributed by atoms with Gasteiger partial charge in [0.25, 0.3) is 0 Å². The van der Waals surface area contributed by atoms with Gasteiger partial charge in [0.05, 0.1) is 5.75 Å². The molecule has 1 N–H and O–H groups in total. The lowest BCUT2D eigenvalue weighted by atomic mass is 10.4. The van der Waals surface area contributed by atoms with E-state index in [1.54, 1.807) is 23.1 Å². The molecule has 1 heterocycles. The monoisotopic (exact) mass is 307 g/mol. The summed E-state index contributed by atoms with van der Waals surface area (Å²) < 4.78 is 1.14. The molecule has 0 aliphatic heterocycles. The topological polar surface area (TPSA) is 29.1 Å². The maximum atomic E-state index is 11.3. The minimum Gasteiger partial charge on any atom is -0.353 e. The molecule has 0 aromatic carbocycles. The number of rotatable bonds is 5. The molecule has 1 amide bonds. The summed E-state index contributed by atoms with van der Waals surface area (Å²) in [6.07, 6.45) is 0. The Morgan fingerprint density at radius 3 is 2.93 bits per heavy atom. The third-order valence-corrected chi connectivity index (χ3v) is 4.68. The quantitative estimate of drug-likeness (QED) is 0.904. The number of amides is 1. The van der Waals surface area contributed by atoms with Gasteiger partial charge in [0.2, 0.25) is 5.91 Å². The Hall–Kier alpha value is -0.000000000000000111. The molecule has 0 fully saturated rings. The predicted octanol–water partition coefficient (Wildman–Crippen LogP) is 3.27. The first-order valence-electron chi connectivity index (χ1n) is 4.68. The fraction of sp³-hybridized carbons (Fsp3) is 0.500. The molecule has 1 aromatic rings. The summed E-state index contributed by atoms with van der Waals surface area (Å²) in [6.45, 7) is 3.94. The summed E-state index contributed by atoms with van der Waals surface area (Å²) in [4.78, 5) is 12.6. The fourth-order valence-electron chi connectivity index (χ4n) is 1.03. The molecule has 0 aliphatic rings. The van der Waals surface area contributed by atoms with Crippen LogP contribution in [0.25, 0.3) is 0 Å². The van der Waals surface area contributed by atoms with E-state index in [4.69, 9.17) is 0 Å². The molecule has 0 saturated carbocycles. The zero-order valence-corrected chi connectivity index (χ0v) is 12.0. The van der Waals surface area contributed by atoms with Crippen molar-refractivity contribution in [3.8, 4) is 0 Å². The number of carbonyl (C=O) groups excluding carboxylic acids is 1. The highest BCUT2D eigenvalue weighted by Gasteiger charge is 2.05. The van der Waals surface area contributed by atoms with Crippen LogP contribution in [0.5, 0.6) is 0 Å². The molecule has 0 bridgehead atoms. The van der Waals surface area contributed by atoms with Gasteiger partial charge in [-0.15, -0.1) is 23.1 Å². The van der Waals surface area contributed by atoms with Gasteiger partial charge in [-0.2, -0.15) is 0 Å². The van der Waals surface area contributed by atoms with Gasteiger partial charge in [-0.3, -0.25) is 4.79 Å². The molecule has 84 valence electrons. The van der Waals surface area contributed by atoms with Gasteiger partial charge < -0.3 is 5.32 Å². The van der Waals surface area contributed by atoms with Crippen LogP contribution >= 0.6 is 39.0 Å². The highest BCUT2D eigenvalue weighted by molar-refractivity contribution is 9.10. The summed E-state index contributed by atoms with van der Waals surface area (Å²) in [6, 6.07) is 2.26. The molecule has 0 unspecified atom stereocenters. The second-order valence-electron chi connectivity index (χ2n) is 3.41. The van der Waals surface area contributed by atoms with Crippen molar-refractivity contribution in [2.45, 2.75) is 25.6 Å². The second kappa shape index (κ2) is 6.55. The Labute approximate surface area is 107 Å². The van der Waals surface area contributed by atoms with Crippen LogP contribution in [0.15, 0.2) is 15.9 Å². The highest BCUT2D eigenvalue weighted by Crippen LogP contribution is 2.26. The fourth-order valence-corrected chi connectivity index (χ4v) is 3.72. The Morgan fingerprint density at radius 1 is 1.67 bits per heavy atom. The van der Waals surface area contributed by atoms with E-state index in [1.165, 1.54) is 4.88 Å². The largest absolute Gasteiger partial charge is 0.353 e. The van der Waals surface area contributed by atoms with E-state index in [1.807, 2.05) is 25.3 Å². The minimum atomic E-state index is 0.114. The van der Waals surface area contributed by atoms with E-state index in [0.717, 1.165) is 10.2 Å². The number of thioether (sulfide) groups is 1. The molecule has 0 spiro atoms. The average Bonchev–Trinajstić information content (AvgIpc) is 2.50. The molecular weight excluding hydrogens is 294 g/mol. The Morgan fingerprint density at radius 2 is 2.40 bits per heavy atom. The maximum absolute atomic E-state index is 11.3. The molecule has 0 saturated heterocycles. The van der Waals surface area contributed by atoms with E-state index in [0.29, 0.717) is 5.75 Å². The van der Waals surface area contributed by atoms with E-state index in [2.05, 4.69) is 21.2 Å². The Kier molecular flexibility index (Phi) is 5.71. The predicted molar refractivity (Wildman–Crippen MR) is 71.5 cm³/mol. The summed E-state index contributed by atoms with van der Waals surface area (Å²) >= 11 is 6.83. The molecule has 5 heteroatoms. The van der Waals surface area contributed by atoms with E-state index in [-0.39, 0.29) is 11.9 Å². The van der Waals surface area contributed by atoms with Crippen molar-refractivity contribution in [2.75, 3.05) is 5.75 Å². The summed E-state index contributed by atoms with van der Waals surface area (Å²) in [5.41, 5.74) is 0. The highest BCUT2D eigenvalue weighted by atomic mass is 79.9. The molecule has 15 heavy (non-hydrogen) atoms. The van der Waals surface area contributed by atoms with Crippen LogP contribution in [0, 0.1) is 0 Å². The Balaban J connectivity index is 2.22. The van der Waals surface area contributed by atoms with Gasteiger partial charge in [0.1, 0.15) is 0 Å². The zero-order chi connectivity index (χ0) is 11.3. The number of thiophene rings is 1. The van der Waals surface area contributed by atoms with Crippen molar-refractivity contribution in [1.29, 1.82) is 0 Å². The van der Waals surface area contributed by atoms with Crippen LogP contribution in [0.1, 0.15) is 18.7 Å². The number of carbonyl (C=O) groups is 1. The van der Waals surface area contributed by atoms with Crippen LogP contribution in [-0.2, 0) is 10.5 Å². The van der Waals surface area contributed by atoms with Gasteiger partial charge in [-0.05, 0) is 41.2 Å². The molecule has 1 rings (SSSR count). The van der Waals surface area contributed by atoms with E-state index < -0.39 is 0 Å². The first-order chi connectivity index (χ1) is 7.09. The first-order valence-corrected chi connectivity index (χ1v) is 7.51. The molecular formula is C10H14BrNOS2. The Bertz CT molecular complexity index is 325. The van der Waals surface area contributed by atoms with E-state index >= 15 is 0 Å². The molecule has 0 atom stereocenters. The van der Waals surface area contributed by atoms with Crippen LogP contribution < -0.4 is 5.32 Å². The van der Waals surface area contributed by atoms with Crippen molar-refractivity contribution in [1.82, 2.24) is 5.32 Å². The second-order valence-corrected chi connectivity index (χ2v) is 6.25. The molecule has 0 aliphatic carbocycles. The lowest BCUT2D eigenvalue weighted by molar-refractivity contribution is -0.119. The maximum Gasteiger partial charge on any atom is 0.230 e. The van der Waals surface area contributed by atoms with Crippen molar-refractivity contribution in [3.63, 3.8) is 0 Å². The number of hydrogen-bond acceptors (Lipinski definition) is 3. The third-order valence-electron chi connectivity index (χ3n) is 1.61. The summed E-state index contributed by atoms with van der Waals surface area (Å²) in [7, 11) is 0. The van der Waals surface area contributed by atoms with Gasteiger partial charge in [0, 0.05) is 21.1 Å². The van der Waals surface area contributed by atoms with Gasteiger partial charge >= 0.3 is 0 Å². The van der Waals surface area contributed by atoms with Crippen LogP contribution in [0.2, 0.25) is 0 Å². The number of halogens is 1. The molecule has 0 radical (unpaired) electrons. The summed E-state index contributed by atoms with van der Waals surface area (Å²) in [5, 5.41) is 4.92. The smallest absolute Gasteiger partial charge is 0.230 e. The average molecular weight is 308 g/mol. The SMILES string of the molecule is CC(C)NC(=O)CSCc1sccc1Br. The van der Waals surface area contributed by atoms with Crippen LogP contribution in [-0.4, -0.2) is 17.7 Å².